The molecular weight excluding hydrogens is 439 g/mol. The fourth-order valence-corrected chi connectivity index (χ4v) is 4.12. The van der Waals surface area contributed by atoms with Crippen molar-refractivity contribution < 1.29 is 26.3 Å². The van der Waals surface area contributed by atoms with Gasteiger partial charge in [0.25, 0.3) is 5.56 Å². The Hall–Kier alpha value is -2.15. The zero-order chi connectivity index (χ0) is 22.1. The average molecular weight is 456 g/mol. The zero-order valence-electron chi connectivity index (χ0n) is 15.5. The molecule has 0 bridgehead atoms. The standard InChI is InChI=1S/C16H17ClF3N3O5S/c1-21(6-7-28-3)29(26,27)12-8-10(4-5-11(12)17)23-14(24)9-13(16(18,19)20)22(2)15(23)25/h4-5,8-9H,6-7H2,1-3H3. The fraction of sp³-hybridized carbons (Fsp3) is 0.375. The van der Waals surface area contributed by atoms with E-state index >= 15 is 0 Å². The van der Waals surface area contributed by atoms with E-state index in [0.29, 0.717) is 4.57 Å². The number of likely N-dealkylation sites (N-methyl/N-ethyl adjacent to an activating group) is 1. The summed E-state index contributed by atoms with van der Waals surface area (Å²) in [6, 6.07) is 3.51. The fourth-order valence-electron chi connectivity index (χ4n) is 2.47. The Balaban J connectivity index is 2.69. The van der Waals surface area contributed by atoms with Gasteiger partial charge in [0.1, 0.15) is 10.6 Å². The SMILES string of the molecule is COCCN(C)S(=O)(=O)c1cc(-n2c(=O)cc(C(F)(F)F)n(C)c2=O)ccc1Cl. The van der Waals surface area contributed by atoms with Gasteiger partial charge in [0.2, 0.25) is 10.0 Å². The molecule has 2 rings (SSSR count). The summed E-state index contributed by atoms with van der Waals surface area (Å²) < 4.78 is 70.9. The number of halogens is 4. The number of alkyl halides is 3. The molecule has 13 heteroatoms. The maximum Gasteiger partial charge on any atom is 0.431 e. The number of aromatic nitrogens is 2. The van der Waals surface area contributed by atoms with E-state index in [0.717, 1.165) is 29.6 Å². The van der Waals surface area contributed by atoms with Gasteiger partial charge in [-0.15, -0.1) is 0 Å². The number of hydrogen-bond donors (Lipinski definition) is 0. The van der Waals surface area contributed by atoms with Crippen LogP contribution in [0.25, 0.3) is 5.69 Å². The van der Waals surface area contributed by atoms with Crippen LogP contribution in [0.3, 0.4) is 0 Å². The van der Waals surface area contributed by atoms with E-state index in [4.69, 9.17) is 16.3 Å². The van der Waals surface area contributed by atoms with E-state index in [1.165, 1.54) is 14.2 Å². The Morgan fingerprint density at radius 2 is 1.83 bits per heavy atom. The van der Waals surface area contributed by atoms with Gasteiger partial charge in [0.15, 0.2) is 0 Å². The maximum absolute atomic E-state index is 13.0. The summed E-state index contributed by atoms with van der Waals surface area (Å²) in [5.74, 6) is 0. The van der Waals surface area contributed by atoms with Crippen molar-refractivity contribution in [2.24, 2.45) is 7.05 Å². The first kappa shape index (κ1) is 23.1. The molecule has 0 aliphatic rings. The second kappa shape index (κ2) is 8.30. The van der Waals surface area contributed by atoms with E-state index in [9.17, 15) is 31.2 Å². The number of methoxy groups -OCH3 is 1. The van der Waals surface area contributed by atoms with Crippen LogP contribution in [0.1, 0.15) is 5.69 Å². The Kier molecular flexibility index (Phi) is 6.62. The minimum atomic E-state index is -4.91. The summed E-state index contributed by atoms with van der Waals surface area (Å²) in [6.07, 6.45) is -4.91. The molecule has 0 fully saturated rings. The smallest absolute Gasteiger partial charge is 0.383 e. The van der Waals surface area contributed by atoms with Crippen LogP contribution in [0.15, 0.2) is 38.8 Å². The molecule has 160 valence electrons. The molecule has 0 saturated carbocycles. The molecule has 0 atom stereocenters. The quantitative estimate of drug-likeness (QED) is 0.658. The van der Waals surface area contributed by atoms with Crippen molar-refractivity contribution in [2.75, 3.05) is 27.3 Å². The van der Waals surface area contributed by atoms with Gasteiger partial charge >= 0.3 is 11.9 Å². The Morgan fingerprint density at radius 1 is 1.21 bits per heavy atom. The summed E-state index contributed by atoms with van der Waals surface area (Å²) in [5.41, 5.74) is -4.22. The third kappa shape index (κ3) is 4.55. The molecule has 1 aromatic carbocycles. The van der Waals surface area contributed by atoms with Gasteiger partial charge in [-0.3, -0.25) is 9.36 Å². The molecule has 0 aliphatic carbocycles. The predicted molar refractivity (Wildman–Crippen MR) is 99.0 cm³/mol. The van der Waals surface area contributed by atoms with E-state index in [1.54, 1.807) is 0 Å². The third-order valence-corrected chi connectivity index (χ3v) is 6.42. The predicted octanol–water partition coefficient (Wildman–Crippen LogP) is 1.48. The summed E-state index contributed by atoms with van der Waals surface area (Å²) in [4.78, 5) is 24.2. The number of nitrogens with zero attached hydrogens (tertiary/aromatic N) is 3. The molecule has 0 amide bonds. The normalized spacial score (nSPS) is 12.6. The van der Waals surface area contributed by atoms with Crippen molar-refractivity contribution in [3.63, 3.8) is 0 Å². The lowest BCUT2D eigenvalue weighted by atomic mass is 10.3. The van der Waals surface area contributed by atoms with Gasteiger partial charge in [-0.1, -0.05) is 11.6 Å². The largest absolute Gasteiger partial charge is 0.431 e. The van der Waals surface area contributed by atoms with Crippen LogP contribution < -0.4 is 11.2 Å². The van der Waals surface area contributed by atoms with Gasteiger partial charge < -0.3 is 4.74 Å². The maximum atomic E-state index is 13.0. The molecule has 1 heterocycles. The van der Waals surface area contributed by atoms with E-state index < -0.39 is 38.0 Å². The van der Waals surface area contributed by atoms with Crippen LogP contribution in [-0.2, 0) is 28.0 Å². The van der Waals surface area contributed by atoms with Crippen LogP contribution in [-0.4, -0.2) is 49.2 Å². The van der Waals surface area contributed by atoms with E-state index in [1.807, 2.05) is 0 Å². The monoisotopic (exact) mass is 455 g/mol. The lowest BCUT2D eigenvalue weighted by Gasteiger charge is -2.19. The topological polar surface area (TPSA) is 90.6 Å². The van der Waals surface area contributed by atoms with Crippen molar-refractivity contribution in [2.45, 2.75) is 11.1 Å². The summed E-state index contributed by atoms with van der Waals surface area (Å²) in [5, 5.41) is -0.185. The number of benzene rings is 1. The Morgan fingerprint density at radius 3 is 2.38 bits per heavy atom. The molecule has 0 radical (unpaired) electrons. The number of sulfonamides is 1. The number of rotatable bonds is 6. The minimum absolute atomic E-state index is 0.00137. The third-order valence-electron chi connectivity index (χ3n) is 4.08. The molecule has 0 aliphatic heterocycles. The lowest BCUT2D eigenvalue weighted by Crippen LogP contribution is -2.40. The first-order chi connectivity index (χ1) is 13.3. The number of hydrogen-bond acceptors (Lipinski definition) is 5. The van der Waals surface area contributed by atoms with E-state index in [2.05, 4.69) is 0 Å². The highest BCUT2D eigenvalue weighted by molar-refractivity contribution is 7.89. The minimum Gasteiger partial charge on any atom is -0.383 e. The second-order valence-electron chi connectivity index (χ2n) is 5.98. The van der Waals surface area contributed by atoms with Crippen molar-refractivity contribution in [1.82, 2.24) is 13.4 Å². The molecule has 1 aromatic heterocycles. The molecule has 8 nitrogen and oxygen atoms in total. The molecule has 2 aromatic rings. The molecule has 0 saturated heterocycles. The van der Waals surface area contributed by atoms with Crippen LogP contribution in [0.4, 0.5) is 13.2 Å². The highest BCUT2D eigenvalue weighted by Gasteiger charge is 2.35. The zero-order valence-corrected chi connectivity index (χ0v) is 17.1. The van der Waals surface area contributed by atoms with Gasteiger partial charge in [0, 0.05) is 33.8 Å². The molecule has 0 spiro atoms. The van der Waals surface area contributed by atoms with Crippen LogP contribution in [0.2, 0.25) is 5.02 Å². The highest BCUT2D eigenvalue weighted by atomic mass is 35.5. The average Bonchev–Trinajstić information content (AvgIpc) is 2.62. The second-order valence-corrected chi connectivity index (χ2v) is 8.40. The van der Waals surface area contributed by atoms with Gasteiger partial charge in [-0.25, -0.2) is 17.8 Å². The highest BCUT2D eigenvalue weighted by Crippen LogP contribution is 2.28. The number of ether oxygens (including phenoxy) is 1. The van der Waals surface area contributed by atoms with Gasteiger partial charge in [0.05, 0.1) is 17.3 Å². The van der Waals surface area contributed by atoms with Crippen LogP contribution in [0.5, 0.6) is 0 Å². The van der Waals surface area contributed by atoms with Crippen LogP contribution >= 0.6 is 11.6 Å². The van der Waals surface area contributed by atoms with Crippen LogP contribution in [0, 0.1) is 0 Å². The van der Waals surface area contributed by atoms with E-state index in [-0.39, 0.29) is 34.5 Å². The first-order valence-corrected chi connectivity index (χ1v) is 9.79. The van der Waals surface area contributed by atoms with Gasteiger partial charge in [-0.05, 0) is 18.2 Å². The summed E-state index contributed by atoms with van der Waals surface area (Å²) >= 11 is 5.99. The molecule has 0 N–H and O–H groups in total. The van der Waals surface area contributed by atoms with Crippen molar-refractivity contribution in [3.05, 3.63) is 55.8 Å². The summed E-state index contributed by atoms with van der Waals surface area (Å²) in [7, 11) is -0.600. The van der Waals surface area contributed by atoms with Crippen molar-refractivity contribution >= 4 is 21.6 Å². The molecule has 0 unspecified atom stereocenters. The molecular formula is C16H17ClF3N3O5S. The summed E-state index contributed by atoms with van der Waals surface area (Å²) in [6.45, 7) is 0.104. The Labute approximate surface area is 168 Å². The first-order valence-electron chi connectivity index (χ1n) is 7.98. The molecule has 29 heavy (non-hydrogen) atoms. The van der Waals surface area contributed by atoms with Crippen molar-refractivity contribution in [3.8, 4) is 5.69 Å². The Bertz CT molecular complexity index is 1140. The van der Waals surface area contributed by atoms with Crippen molar-refractivity contribution in [1.29, 1.82) is 0 Å². The lowest BCUT2D eigenvalue weighted by molar-refractivity contribution is -0.144. The van der Waals surface area contributed by atoms with Gasteiger partial charge in [-0.2, -0.15) is 17.5 Å².